The van der Waals surface area contributed by atoms with Gasteiger partial charge in [-0.1, -0.05) is 31.8 Å². The van der Waals surface area contributed by atoms with Crippen molar-refractivity contribution in [1.82, 2.24) is 14.8 Å². The molecule has 0 saturated carbocycles. The summed E-state index contributed by atoms with van der Waals surface area (Å²) in [6.45, 7) is 9.83. The molecule has 3 aromatic heterocycles. The molecule has 0 bridgehead atoms. The van der Waals surface area contributed by atoms with Crippen LogP contribution in [0, 0.1) is 12.7 Å². The first-order valence-corrected chi connectivity index (χ1v) is 18.0. The molecular weight excluding hydrogens is 528 g/mol. The van der Waals surface area contributed by atoms with Crippen LogP contribution in [0.15, 0.2) is 58.9 Å². The predicted octanol–water partition coefficient (Wildman–Crippen LogP) is 5.67. The maximum Gasteiger partial charge on any atom is 0.247 e. The van der Waals surface area contributed by atoms with Gasteiger partial charge in [-0.3, -0.25) is 4.98 Å². The van der Waals surface area contributed by atoms with E-state index in [1.54, 1.807) is 22.9 Å². The molecule has 0 amide bonds. The number of pyridine rings is 1. The van der Waals surface area contributed by atoms with Crippen molar-refractivity contribution in [1.29, 1.82) is 0 Å². The highest BCUT2D eigenvalue weighted by molar-refractivity contribution is 7.91. The van der Waals surface area contributed by atoms with E-state index in [2.05, 4.69) is 24.6 Å². The molecular formula is C26H31FN4O3S2Si. The summed E-state index contributed by atoms with van der Waals surface area (Å²) in [5.41, 5.74) is 4.31. The third kappa shape index (κ3) is 7.20. The van der Waals surface area contributed by atoms with E-state index in [1.807, 2.05) is 31.3 Å². The monoisotopic (exact) mass is 558 g/mol. The minimum absolute atomic E-state index is 0.0577. The molecule has 196 valence electrons. The van der Waals surface area contributed by atoms with Crippen molar-refractivity contribution in [3.63, 3.8) is 0 Å². The van der Waals surface area contributed by atoms with Crippen LogP contribution in [-0.2, 0) is 27.9 Å². The number of ether oxygens (including phenoxy) is 1. The molecule has 11 heteroatoms. The zero-order chi connectivity index (χ0) is 26.8. The van der Waals surface area contributed by atoms with Gasteiger partial charge in [0.2, 0.25) is 10.0 Å². The Morgan fingerprint density at radius 3 is 2.59 bits per heavy atom. The number of benzene rings is 1. The fourth-order valence-electron chi connectivity index (χ4n) is 3.77. The predicted molar refractivity (Wildman–Crippen MR) is 148 cm³/mol. The minimum Gasteiger partial charge on any atom is -0.360 e. The van der Waals surface area contributed by atoms with E-state index >= 15 is 0 Å². The second kappa shape index (κ2) is 11.0. The number of hydrogen-bond donors (Lipinski definition) is 1. The second-order valence-corrected chi connectivity index (χ2v) is 18.8. The standard InChI is InChI=1S/C26H31FN4O3S2Si/c1-18-6-5-7-24(29-18)26-22(16-31(30-26)17-34-12-13-37(2,3)4)19-8-10-23(27)20(14-19)15-21-9-11-25(35-21)36(28,32)33/h5-11,14,16H,12-13,15,17H2,1-4H3,(H2,28,32,33). The number of hydrogen-bond acceptors (Lipinski definition) is 6. The summed E-state index contributed by atoms with van der Waals surface area (Å²) < 4.78 is 45.8. The highest BCUT2D eigenvalue weighted by atomic mass is 32.2. The summed E-state index contributed by atoms with van der Waals surface area (Å²) in [4.78, 5) is 5.35. The van der Waals surface area contributed by atoms with Crippen molar-refractivity contribution in [2.24, 2.45) is 5.14 Å². The van der Waals surface area contributed by atoms with E-state index in [0.717, 1.165) is 39.9 Å². The number of nitrogens with two attached hydrogens (primary N) is 1. The number of aromatic nitrogens is 3. The van der Waals surface area contributed by atoms with Crippen LogP contribution in [-0.4, -0.2) is 37.9 Å². The Morgan fingerprint density at radius 1 is 1.14 bits per heavy atom. The van der Waals surface area contributed by atoms with Crippen LogP contribution < -0.4 is 5.14 Å². The number of rotatable bonds is 10. The molecule has 4 rings (SSSR count). The maximum absolute atomic E-state index is 14.8. The van der Waals surface area contributed by atoms with Crippen LogP contribution in [0.4, 0.5) is 4.39 Å². The van der Waals surface area contributed by atoms with E-state index in [9.17, 15) is 12.8 Å². The van der Waals surface area contributed by atoms with Gasteiger partial charge in [0.25, 0.3) is 0 Å². The second-order valence-electron chi connectivity index (χ2n) is 10.2. The molecule has 7 nitrogen and oxygen atoms in total. The minimum atomic E-state index is -3.79. The first kappa shape index (κ1) is 27.3. The van der Waals surface area contributed by atoms with Crippen LogP contribution >= 0.6 is 11.3 Å². The molecule has 0 aliphatic heterocycles. The number of aryl methyl sites for hydroxylation is 1. The van der Waals surface area contributed by atoms with Crippen LogP contribution in [0.2, 0.25) is 25.7 Å². The Hall–Kier alpha value is -2.70. The van der Waals surface area contributed by atoms with Crippen LogP contribution in [0.3, 0.4) is 0 Å². The van der Waals surface area contributed by atoms with E-state index < -0.39 is 18.1 Å². The fourth-order valence-corrected chi connectivity index (χ4v) is 6.33. The lowest BCUT2D eigenvalue weighted by Gasteiger charge is -2.15. The van der Waals surface area contributed by atoms with E-state index in [1.165, 1.54) is 12.1 Å². The molecule has 0 radical (unpaired) electrons. The van der Waals surface area contributed by atoms with E-state index in [-0.39, 0.29) is 16.4 Å². The third-order valence-electron chi connectivity index (χ3n) is 5.75. The summed E-state index contributed by atoms with van der Waals surface area (Å²) in [7, 11) is -5.00. The molecule has 0 spiro atoms. The van der Waals surface area contributed by atoms with Crippen molar-refractivity contribution >= 4 is 29.4 Å². The SMILES string of the molecule is Cc1cccc(-c2nn(COCC[Si](C)(C)C)cc2-c2ccc(F)c(Cc3ccc(S(N)(=O)=O)s3)c2)n1. The van der Waals surface area contributed by atoms with Crippen LogP contribution in [0.1, 0.15) is 16.1 Å². The number of sulfonamides is 1. The van der Waals surface area contributed by atoms with Gasteiger partial charge in [0.05, 0.1) is 5.69 Å². The molecule has 4 aromatic rings. The van der Waals surface area contributed by atoms with Crippen molar-refractivity contribution < 1.29 is 17.5 Å². The van der Waals surface area contributed by atoms with Gasteiger partial charge in [0.1, 0.15) is 22.5 Å². The lowest BCUT2D eigenvalue weighted by Crippen LogP contribution is -2.22. The zero-order valence-corrected chi connectivity index (χ0v) is 24.0. The smallest absolute Gasteiger partial charge is 0.247 e. The molecule has 37 heavy (non-hydrogen) atoms. The van der Waals surface area contributed by atoms with Crippen LogP contribution in [0.25, 0.3) is 22.5 Å². The van der Waals surface area contributed by atoms with Gasteiger partial charge >= 0.3 is 0 Å². The van der Waals surface area contributed by atoms with E-state index in [4.69, 9.17) is 15.0 Å². The summed E-state index contributed by atoms with van der Waals surface area (Å²) in [5, 5.41) is 9.99. The van der Waals surface area contributed by atoms with Gasteiger partial charge in [-0.25, -0.2) is 22.6 Å². The molecule has 0 fully saturated rings. The molecule has 3 heterocycles. The molecule has 0 unspecified atom stereocenters. The van der Waals surface area contributed by atoms with Crippen molar-refractivity contribution in [2.45, 2.75) is 50.0 Å². The number of nitrogens with zero attached hydrogens (tertiary/aromatic N) is 3. The average Bonchev–Trinajstić information content (AvgIpc) is 3.45. The summed E-state index contributed by atoms with van der Waals surface area (Å²) >= 11 is 1.04. The Bertz CT molecular complexity index is 1510. The van der Waals surface area contributed by atoms with Gasteiger partial charge in [-0.05, 0) is 60.5 Å². The Balaban J connectivity index is 1.67. The third-order valence-corrected chi connectivity index (χ3v) is 9.98. The Morgan fingerprint density at radius 2 is 1.92 bits per heavy atom. The normalized spacial score (nSPS) is 12.3. The fraction of sp³-hybridized carbons (Fsp3) is 0.308. The Labute approximate surface area is 222 Å². The average molecular weight is 559 g/mol. The molecule has 0 aliphatic rings. The summed E-state index contributed by atoms with van der Waals surface area (Å²) in [5.74, 6) is -0.369. The van der Waals surface area contributed by atoms with Crippen molar-refractivity contribution in [3.05, 3.63) is 76.7 Å². The van der Waals surface area contributed by atoms with Crippen LogP contribution in [0.5, 0.6) is 0 Å². The topological polar surface area (TPSA) is 100 Å². The number of thiophene rings is 1. The van der Waals surface area contributed by atoms with Gasteiger partial charge in [0.15, 0.2) is 0 Å². The lowest BCUT2D eigenvalue weighted by atomic mass is 10.00. The molecule has 0 atom stereocenters. The zero-order valence-electron chi connectivity index (χ0n) is 21.4. The molecule has 0 saturated heterocycles. The van der Waals surface area contributed by atoms with Gasteiger partial charge in [-0.2, -0.15) is 5.10 Å². The molecule has 0 aliphatic carbocycles. The van der Waals surface area contributed by atoms with Gasteiger partial charge < -0.3 is 4.74 Å². The number of primary sulfonamides is 1. The highest BCUT2D eigenvalue weighted by Crippen LogP contribution is 2.33. The quantitative estimate of drug-likeness (QED) is 0.200. The lowest BCUT2D eigenvalue weighted by molar-refractivity contribution is 0.0787. The largest absolute Gasteiger partial charge is 0.360 e. The van der Waals surface area contributed by atoms with Crippen molar-refractivity contribution in [2.75, 3.05) is 6.61 Å². The Kier molecular flexibility index (Phi) is 8.10. The first-order valence-electron chi connectivity index (χ1n) is 11.9. The number of halogens is 1. The van der Waals surface area contributed by atoms with Crippen molar-refractivity contribution in [3.8, 4) is 22.5 Å². The molecule has 1 aromatic carbocycles. The summed E-state index contributed by atoms with van der Waals surface area (Å²) in [6.07, 6.45) is 2.14. The van der Waals surface area contributed by atoms with Gasteiger partial charge in [-0.15, -0.1) is 11.3 Å². The molecule has 2 N–H and O–H groups in total. The van der Waals surface area contributed by atoms with E-state index in [0.29, 0.717) is 29.5 Å². The highest BCUT2D eigenvalue weighted by Gasteiger charge is 2.18. The van der Waals surface area contributed by atoms with Gasteiger partial charge in [0, 0.05) is 43.4 Å². The first-order chi connectivity index (χ1) is 17.4. The summed E-state index contributed by atoms with van der Waals surface area (Å²) in [6, 6.07) is 14.8. The maximum atomic E-state index is 14.8.